The van der Waals surface area contributed by atoms with Crippen LogP contribution in [0.4, 0.5) is 0 Å². The number of aliphatic hydroxyl groups is 1. The van der Waals surface area contributed by atoms with Crippen LogP contribution in [0.5, 0.6) is 5.75 Å². The number of benzene rings is 1. The molecule has 1 heterocycles. The van der Waals surface area contributed by atoms with E-state index >= 15 is 0 Å². The summed E-state index contributed by atoms with van der Waals surface area (Å²) in [6.45, 7) is 7.72. The van der Waals surface area contributed by atoms with Crippen molar-refractivity contribution in [2.45, 2.75) is 46.3 Å². The molecule has 1 aromatic carbocycles. The van der Waals surface area contributed by atoms with E-state index in [4.69, 9.17) is 22.8 Å². The normalized spacial score (nSPS) is 15.9. The largest absolute Gasteiger partial charge is 0.496 e. The molecule has 0 aromatic heterocycles. The number of halogens is 1. The molecule has 1 aliphatic heterocycles. The highest BCUT2D eigenvalue weighted by Gasteiger charge is 2.27. The van der Waals surface area contributed by atoms with Crippen LogP contribution < -0.4 is 10.1 Å². The second-order valence-corrected chi connectivity index (χ2v) is 8.21. The third-order valence-corrected chi connectivity index (χ3v) is 4.44. The fraction of sp³-hybridized carbons (Fsp3) is 0.524. The molecule has 0 aliphatic carbocycles. The zero-order chi connectivity index (χ0) is 21.3. The summed E-state index contributed by atoms with van der Waals surface area (Å²) in [6, 6.07) is 3.36. The number of β-amino-alcohol motifs (C(OH)–C–C–N with tert-alkyl or cyclic N) is 1. The molecule has 1 aliphatic rings. The fourth-order valence-corrected chi connectivity index (χ4v) is 3.00. The Morgan fingerprint density at radius 3 is 2.64 bits per heavy atom. The number of nitrogens with one attached hydrogen (secondary N) is 1. The van der Waals surface area contributed by atoms with Crippen molar-refractivity contribution in [3.63, 3.8) is 0 Å². The monoisotopic (exact) mass is 408 g/mol. The van der Waals surface area contributed by atoms with Crippen LogP contribution in [0.2, 0.25) is 5.02 Å². The minimum atomic E-state index is -0.302. The minimum Gasteiger partial charge on any atom is -0.496 e. The number of rotatable bonds is 5. The average Bonchev–Trinajstić information content (AvgIpc) is 3.06. The Bertz CT molecular complexity index is 722. The van der Waals surface area contributed by atoms with Crippen LogP contribution in [0.15, 0.2) is 12.1 Å². The highest BCUT2D eigenvalue weighted by Crippen LogP contribution is 2.28. The van der Waals surface area contributed by atoms with Crippen LogP contribution >= 0.6 is 11.6 Å². The number of carbonyl (C=O) groups is 2. The Hall–Kier alpha value is -2.23. The highest BCUT2D eigenvalue weighted by molar-refractivity contribution is 6.31. The molecule has 7 heteroatoms. The number of hydrogen-bond acceptors (Lipinski definition) is 4. The minimum absolute atomic E-state index is 0.0463. The molecule has 1 aromatic rings. The first-order valence-electron chi connectivity index (χ1n) is 9.07. The lowest BCUT2D eigenvalue weighted by Crippen LogP contribution is -2.32. The van der Waals surface area contributed by atoms with E-state index in [1.165, 1.54) is 7.11 Å². The molecule has 1 unspecified atom stereocenters. The molecule has 2 rings (SSSR count). The number of aliphatic hydroxyl groups excluding tert-OH is 1. The van der Waals surface area contributed by atoms with Crippen molar-refractivity contribution in [3.05, 3.63) is 28.3 Å². The number of nitrogens with zero attached hydrogens (tertiary/aromatic N) is 1. The molecule has 0 radical (unpaired) electrons. The first-order valence-corrected chi connectivity index (χ1v) is 9.45. The molecule has 1 atom stereocenters. The van der Waals surface area contributed by atoms with Gasteiger partial charge in [0.2, 0.25) is 12.3 Å². The standard InChI is InChI=1S/C11H10ClNO2.C10H19NO2/c1-3-8-4-10(12)9(6-13-7-14)11(5-8)15-2;1-10(2,3)6-9(13)11-5-4-8(12)7-11/h1,4-5,7H,6H2,2H3,(H,13,14);8,12H,4-7H2,1-3H3. The molecular formula is C21H29ClN2O4. The van der Waals surface area contributed by atoms with Crippen molar-refractivity contribution < 1.29 is 19.4 Å². The van der Waals surface area contributed by atoms with E-state index in [1.807, 2.05) is 0 Å². The number of carbonyl (C=O) groups excluding carboxylic acids is 2. The van der Waals surface area contributed by atoms with Gasteiger partial charge in [-0.3, -0.25) is 9.59 Å². The van der Waals surface area contributed by atoms with Gasteiger partial charge in [-0.15, -0.1) is 6.42 Å². The summed E-state index contributed by atoms with van der Waals surface area (Å²) in [4.78, 5) is 23.6. The maximum absolute atomic E-state index is 11.6. The zero-order valence-electron chi connectivity index (χ0n) is 16.9. The van der Waals surface area contributed by atoms with E-state index in [1.54, 1.807) is 17.0 Å². The van der Waals surface area contributed by atoms with E-state index in [9.17, 15) is 14.7 Å². The predicted molar refractivity (Wildman–Crippen MR) is 110 cm³/mol. The Kier molecular flexibility index (Phi) is 9.30. The van der Waals surface area contributed by atoms with Gasteiger partial charge in [-0.2, -0.15) is 0 Å². The molecule has 2 amide bonds. The summed E-state index contributed by atoms with van der Waals surface area (Å²) in [5, 5.41) is 12.3. The van der Waals surface area contributed by atoms with Crippen molar-refractivity contribution in [2.75, 3.05) is 20.2 Å². The predicted octanol–water partition coefficient (Wildman–Crippen LogP) is 2.59. The topological polar surface area (TPSA) is 78.9 Å². The van der Waals surface area contributed by atoms with E-state index in [0.29, 0.717) is 47.8 Å². The number of hydrogen-bond donors (Lipinski definition) is 2. The molecule has 0 spiro atoms. The Labute approximate surface area is 172 Å². The van der Waals surface area contributed by atoms with Crippen molar-refractivity contribution in [1.29, 1.82) is 0 Å². The molecule has 0 saturated carbocycles. The summed E-state index contributed by atoms with van der Waals surface area (Å²) >= 11 is 6.00. The summed E-state index contributed by atoms with van der Waals surface area (Å²) < 4.78 is 5.13. The smallest absolute Gasteiger partial charge is 0.223 e. The Balaban J connectivity index is 0.000000283. The zero-order valence-corrected chi connectivity index (χ0v) is 17.7. The van der Waals surface area contributed by atoms with E-state index in [2.05, 4.69) is 32.0 Å². The fourth-order valence-electron chi connectivity index (χ4n) is 2.73. The molecule has 2 N–H and O–H groups in total. The van der Waals surface area contributed by atoms with Crippen LogP contribution in [0.3, 0.4) is 0 Å². The Morgan fingerprint density at radius 1 is 1.50 bits per heavy atom. The number of amides is 2. The number of methoxy groups -OCH3 is 1. The number of likely N-dealkylation sites (tertiary alicyclic amines) is 1. The van der Waals surface area contributed by atoms with Crippen LogP contribution in [0.25, 0.3) is 0 Å². The molecule has 1 saturated heterocycles. The van der Waals surface area contributed by atoms with E-state index in [0.717, 1.165) is 13.0 Å². The van der Waals surface area contributed by atoms with Gasteiger partial charge >= 0.3 is 0 Å². The van der Waals surface area contributed by atoms with Gasteiger partial charge < -0.3 is 20.1 Å². The molecule has 0 bridgehead atoms. The van der Waals surface area contributed by atoms with Crippen LogP contribution in [0.1, 0.15) is 44.7 Å². The quantitative estimate of drug-likeness (QED) is 0.579. The molecule has 28 heavy (non-hydrogen) atoms. The lowest BCUT2D eigenvalue weighted by Gasteiger charge is -2.22. The summed E-state index contributed by atoms with van der Waals surface area (Å²) in [6.07, 6.45) is 6.86. The van der Waals surface area contributed by atoms with Crippen LogP contribution in [-0.4, -0.2) is 48.6 Å². The van der Waals surface area contributed by atoms with Crippen LogP contribution in [-0.2, 0) is 16.1 Å². The average molecular weight is 409 g/mol. The molecule has 1 fully saturated rings. The van der Waals surface area contributed by atoms with Gasteiger partial charge in [0.1, 0.15) is 5.75 Å². The molecule has 154 valence electrons. The van der Waals surface area contributed by atoms with Gasteiger partial charge in [0.25, 0.3) is 0 Å². The summed E-state index contributed by atoms with van der Waals surface area (Å²) in [7, 11) is 1.52. The lowest BCUT2D eigenvalue weighted by molar-refractivity contribution is -0.132. The third kappa shape index (κ3) is 7.79. The summed E-state index contributed by atoms with van der Waals surface area (Å²) in [5.41, 5.74) is 1.40. The first kappa shape index (κ1) is 23.8. The first-order chi connectivity index (χ1) is 13.1. The van der Waals surface area contributed by atoms with Crippen molar-refractivity contribution in [1.82, 2.24) is 10.2 Å². The van der Waals surface area contributed by atoms with Crippen molar-refractivity contribution >= 4 is 23.9 Å². The van der Waals surface area contributed by atoms with Gasteiger partial charge in [0.15, 0.2) is 0 Å². The maximum atomic E-state index is 11.6. The van der Waals surface area contributed by atoms with Crippen molar-refractivity contribution in [2.24, 2.45) is 5.41 Å². The van der Waals surface area contributed by atoms with Crippen molar-refractivity contribution in [3.8, 4) is 18.1 Å². The van der Waals surface area contributed by atoms with Gasteiger partial charge in [-0.1, -0.05) is 38.3 Å². The number of ether oxygens (including phenoxy) is 1. The molecule has 6 nitrogen and oxygen atoms in total. The number of terminal acetylenes is 1. The second-order valence-electron chi connectivity index (χ2n) is 7.80. The lowest BCUT2D eigenvalue weighted by atomic mass is 9.92. The van der Waals surface area contributed by atoms with E-state index in [-0.39, 0.29) is 17.4 Å². The molecular weight excluding hydrogens is 380 g/mol. The third-order valence-electron chi connectivity index (χ3n) is 4.10. The second kappa shape index (κ2) is 10.9. The Morgan fingerprint density at radius 2 is 2.18 bits per heavy atom. The van der Waals surface area contributed by atoms with E-state index < -0.39 is 0 Å². The summed E-state index contributed by atoms with van der Waals surface area (Å²) in [5.74, 6) is 3.22. The highest BCUT2D eigenvalue weighted by atomic mass is 35.5. The van der Waals surface area contributed by atoms with Gasteiger partial charge in [-0.05, 0) is 24.0 Å². The van der Waals surface area contributed by atoms with Crippen LogP contribution in [0, 0.1) is 17.8 Å². The van der Waals surface area contributed by atoms with Gasteiger partial charge in [0, 0.05) is 37.2 Å². The van der Waals surface area contributed by atoms with Gasteiger partial charge in [0.05, 0.1) is 18.2 Å². The SMILES string of the molecule is C#Cc1cc(Cl)c(CNC=O)c(OC)c1.CC(C)(C)CC(=O)N1CCC(O)C1. The van der Waals surface area contributed by atoms with Gasteiger partial charge in [-0.25, -0.2) is 0 Å². The maximum Gasteiger partial charge on any atom is 0.223 e.